The SMILES string of the molecule is CC(C)[C@H](NC(=O)Cc1cccc(-c2cc3cc([C@@H](C)O)ccc3cn2)c1)C(=O)N[C@@H](C)C(=O)N1CCC[C@@H](C(=O)OCC(Cl)(Cl)Cl)N1.CC(C)[C@H](NC(=O)OC(C)(C)C)C(=O)N[C@@H](C)C(=O)N1CCC[C@@H](C(=O)OCC(Cl)(Cl)Cl)N1.C[C@@H](O)c1ccc2cnc(-c3cccc(CC(=O)O)c3)cc2c1. The molecule has 104 heavy (non-hydrogen) atoms. The number of pyridine rings is 2. The van der Waals surface area contributed by atoms with E-state index in [0.717, 1.165) is 66.3 Å². The Hall–Kier alpha value is -7.69. The number of carboxylic acids is 1. The van der Waals surface area contributed by atoms with Gasteiger partial charge in [-0.2, -0.15) is 0 Å². The highest BCUT2D eigenvalue weighted by molar-refractivity contribution is 6.68. The molecule has 8 rings (SSSR count). The summed E-state index contributed by atoms with van der Waals surface area (Å²) < 4.78 is 11.7. The number of carboxylic acid groups (broad SMARTS) is 1. The second kappa shape index (κ2) is 38.5. The molecule has 25 nitrogen and oxygen atoms in total. The van der Waals surface area contributed by atoms with Crippen LogP contribution in [0.2, 0.25) is 0 Å². The molecule has 0 bridgehead atoms. The predicted molar refractivity (Wildman–Crippen MR) is 399 cm³/mol. The molecular formula is C73H90Cl6N10O15. The Morgan fingerprint density at radius 2 is 0.942 bits per heavy atom. The molecule has 6 amide bonds. The Kier molecular flexibility index (Phi) is 31.6. The number of rotatable bonds is 22. The number of aromatic nitrogens is 2. The van der Waals surface area contributed by atoms with Crippen LogP contribution in [0.25, 0.3) is 44.1 Å². The summed E-state index contributed by atoms with van der Waals surface area (Å²) >= 11 is 33.7. The molecule has 31 heteroatoms. The molecule has 0 unspecified atom stereocenters. The maximum atomic E-state index is 13.3. The zero-order valence-electron chi connectivity index (χ0n) is 59.5. The number of halogens is 6. The summed E-state index contributed by atoms with van der Waals surface area (Å²) in [6.07, 6.45) is 3.62. The Bertz CT molecular complexity index is 4020. The van der Waals surface area contributed by atoms with Crippen LogP contribution in [0, 0.1) is 11.8 Å². The maximum Gasteiger partial charge on any atom is 0.408 e. The van der Waals surface area contributed by atoms with Gasteiger partial charge in [0.25, 0.3) is 11.8 Å². The van der Waals surface area contributed by atoms with E-state index in [0.29, 0.717) is 38.8 Å². The molecule has 4 heterocycles. The molecule has 4 aromatic carbocycles. The van der Waals surface area contributed by atoms with Gasteiger partial charge in [0.1, 0.15) is 55.1 Å². The minimum Gasteiger partial charge on any atom is -0.481 e. The number of nitrogens with one attached hydrogen (secondary N) is 6. The minimum absolute atomic E-state index is 0.00635. The summed E-state index contributed by atoms with van der Waals surface area (Å²) in [5.41, 5.74) is 11.3. The lowest BCUT2D eigenvalue weighted by Crippen LogP contribution is -2.61. The number of hydrogen-bond donors (Lipinski definition) is 9. The number of hydrogen-bond acceptors (Lipinski definition) is 18. The van der Waals surface area contributed by atoms with Crippen molar-refractivity contribution < 1.29 is 72.7 Å². The molecule has 0 saturated carbocycles. The first kappa shape index (κ1) is 85.2. The van der Waals surface area contributed by atoms with Crippen LogP contribution in [-0.4, -0.2) is 165 Å². The van der Waals surface area contributed by atoms with Crippen LogP contribution >= 0.6 is 69.6 Å². The number of alkyl halides is 6. The highest BCUT2D eigenvalue weighted by Crippen LogP contribution is 2.30. The molecular weight excluding hydrogens is 1470 g/mol. The van der Waals surface area contributed by atoms with Crippen molar-refractivity contribution in [1.82, 2.24) is 52.1 Å². The number of aliphatic hydroxyl groups is 2. The lowest BCUT2D eigenvalue weighted by atomic mass is 10.0. The topological polar surface area (TPSA) is 346 Å². The van der Waals surface area contributed by atoms with Gasteiger partial charge in [0.2, 0.25) is 25.3 Å². The maximum absolute atomic E-state index is 13.3. The van der Waals surface area contributed by atoms with E-state index in [-0.39, 0.29) is 30.6 Å². The van der Waals surface area contributed by atoms with Crippen molar-refractivity contribution in [2.75, 3.05) is 26.3 Å². The summed E-state index contributed by atoms with van der Waals surface area (Å²) in [5, 5.41) is 45.7. The monoisotopic (exact) mass is 1560 g/mol. The van der Waals surface area contributed by atoms with Gasteiger partial charge >= 0.3 is 24.0 Å². The van der Waals surface area contributed by atoms with Crippen molar-refractivity contribution in [3.8, 4) is 22.5 Å². The number of carbonyl (C=O) groups is 9. The van der Waals surface area contributed by atoms with Crippen LogP contribution in [0.4, 0.5) is 4.79 Å². The number of carbonyl (C=O) groups excluding carboxylic acids is 8. The highest BCUT2D eigenvalue weighted by Gasteiger charge is 2.37. The highest BCUT2D eigenvalue weighted by atomic mass is 35.6. The molecule has 9 N–H and O–H groups in total. The zero-order valence-corrected chi connectivity index (χ0v) is 64.1. The number of hydrazine groups is 2. The fourth-order valence-electron chi connectivity index (χ4n) is 10.9. The molecule has 2 saturated heterocycles. The number of fused-ring (bicyclic) bond motifs is 2. The second-order valence-electron chi connectivity index (χ2n) is 27.0. The predicted octanol–water partition coefficient (Wildman–Crippen LogP) is 10.6. The van der Waals surface area contributed by atoms with Gasteiger partial charge in [-0.1, -0.05) is 158 Å². The molecule has 2 aliphatic heterocycles. The Morgan fingerprint density at radius 1 is 0.538 bits per heavy atom. The van der Waals surface area contributed by atoms with Gasteiger partial charge in [-0.05, 0) is 155 Å². The normalized spacial score (nSPS) is 16.5. The Labute approximate surface area is 634 Å². The van der Waals surface area contributed by atoms with Crippen LogP contribution in [-0.2, 0) is 65.4 Å². The van der Waals surface area contributed by atoms with E-state index in [4.69, 9.17) is 88.9 Å². The summed E-state index contributed by atoms with van der Waals surface area (Å²) in [5.74, 6) is -5.03. The van der Waals surface area contributed by atoms with Crippen LogP contribution < -0.4 is 32.1 Å². The quantitative estimate of drug-likeness (QED) is 0.0173. The van der Waals surface area contributed by atoms with Gasteiger partial charge in [-0.15, -0.1) is 0 Å². The van der Waals surface area contributed by atoms with Crippen LogP contribution in [0.3, 0.4) is 0 Å². The average Bonchev–Trinajstić information content (AvgIpc) is 0.814. The third kappa shape index (κ3) is 27.3. The smallest absolute Gasteiger partial charge is 0.408 e. The fourth-order valence-corrected chi connectivity index (χ4v) is 11.2. The Morgan fingerprint density at radius 3 is 1.32 bits per heavy atom. The van der Waals surface area contributed by atoms with E-state index in [1.807, 2.05) is 91.0 Å². The van der Waals surface area contributed by atoms with E-state index in [1.54, 1.807) is 80.8 Å². The minimum atomic E-state index is -1.76. The van der Waals surface area contributed by atoms with Gasteiger partial charge in [-0.25, -0.2) is 15.6 Å². The van der Waals surface area contributed by atoms with Gasteiger partial charge in [0.05, 0.1) is 36.4 Å². The van der Waals surface area contributed by atoms with E-state index < -0.39 is 122 Å². The first-order chi connectivity index (χ1) is 48.6. The van der Waals surface area contributed by atoms with Gasteiger partial charge in [0.15, 0.2) is 0 Å². The van der Waals surface area contributed by atoms with Crippen molar-refractivity contribution in [3.63, 3.8) is 0 Å². The van der Waals surface area contributed by atoms with E-state index in [9.17, 15) is 53.4 Å². The van der Waals surface area contributed by atoms with Crippen LogP contribution in [0.15, 0.2) is 109 Å². The molecule has 2 fully saturated rings. The summed E-state index contributed by atoms with van der Waals surface area (Å²) in [6, 6.07) is 24.9. The average molecular weight is 1560 g/mol. The second-order valence-corrected chi connectivity index (χ2v) is 32.1. The third-order valence-electron chi connectivity index (χ3n) is 16.2. The number of alkyl carbamates (subject to hydrolysis) is 1. The van der Waals surface area contributed by atoms with Crippen LogP contribution in [0.1, 0.15) is 136 Å². The van der Waals surface area contributed by atoms with E-state index >= 15 is 0 Å². The largest absolute Gasteiger partial charge is 0.481 e. The summed E-state index contributed by atoms with van der Waals surface area (Å²) in [7, 11) is 0. The molecule has 2 aliphatic rings. The van der Waals surface area contributed by atoms with Gasteiger partial charge in [0, 0.05) is 47.4 Å². The first-order valence-electron chi connectivity index (χ1n) is 33.7. The van der Waals surface area contributed by atoms with E-state index in [1.165, 1.54) is 23.9 Å². The number of amides is 6. The van der Waals surface area contributed by atoms with Crippen molar-refractivity contribution in [3.05, 3.63) is 132 Å². The fraction of sp³-hybridized carbons (Fsp3) is 0.466. The molecule has 0 radical (unpaired) electrons. The molecule has 0 aliphatic carbocycles. The zero-order chi connectivity index (χ0) is 77.1. The first-order valence-corrected chi connectivity index (χ1v) is 36.0. The Balaban J connectivity index is 0.000000262. The lowest BCUT2D eigenvalue weighted by molar-refractivity contribution is -0.154. The van der Waals surface area contributed by atoms with Crippen molar-refractivity contribution in [1.29, 1.82) is 0 Å². The van der Waals surface area contributed by atoms with Crippen LogP contribution in [0.5, 0.6) is 0 Å². The number of ether oxygens (including phenoxy) is 3. The number of aliphatic carboxylic acids is 1. The molecule has 8 atom stereocenters. The number of nitrogens with zero attached hydrogens (tertiary/aromatic N) is 4. The lowest BCUT2D eigenvalue weighted by Gasteiger charge is -2.34. The number of benzene rings is 4. The van der Waals surface area contributed by atoms with Gasteiger partial charge < -0.3 is 50.8 Å². The van der Waals surface area contributed by atoms with Crippen molar-refractivity contribution in [2.24, 2.45) is 11.8 Å². The standard InChI is InChI=1S/C34H40Cl3N5O6.C20H33Cl3N4O6.C19H17NO3/c1-19(2)30(31(45)39-20(3)32(46)42-12-6-9-27(41-42)33(47)48-18-34(35,36)37)40-29(44)14-22-7-5-8-24(13-22)28-16-26-15-23(21(4)43)10-11-25(26)17-38-28;1-11(2)14(25-18(31)33-19(4,5)6)15(28)24-12(3)16(29)27-9-7-8-13(26-27)17(30)32-10-20(21,22)23;1-12(21)14-5-6-16-11-20-18(10-17(16)9-14)15-4-2-3-13(7-15)8-19(22)23/h5,7-8,10-11,13,15-17,19-21,27,30,41,43H,6,9,12,14,18H2,1-4H3,(H,39,45)(H,40,44);11-14,26H,7-10H2,1-6H3,(H,24,28)(H,25,31);2-7,9-12,21H,8H2,1H3,(H,22,23)/t20-,21+,27-,30-;12-,13-,14-;12-/m001/s1. The third-order valence-corrected chi connectivity index (χ3v) is 16.9. The summed E-state index contributed by atoms with van der Waals surface area (Å²) in [4.78, 5) is 122. The van der Waals surface area contributed by atoms with Crippen molar-refractivity contribution >= 4 is 145 Å². The van der Waals surface area contributed by atoms with E-state index in [2.05, 4.69) is 42.1 Å². The molecule has 6 aromatic rings. The van der Waals surface area contributed by atoms with Crippen molar-refractivity contribution in [2.45, 2.75) is 176 Å². The van der Waals surface area contributed by atoms with Gasteiger partial charge in [-0.3, -0.25) is 58.3 Å². The number of aliphatic hydroxyl groups excluding tert-OH is 2. The molecule has 564 valence electrons. The number of esters is 2. The molecule has 0 spiro atoms. The molecule has 2 aromatic heterocycles. The summed E-state index contributed by atoms with van der Waals surface area (Å²) in [6.45, 7) is 18.5.